The molecule has 0 spiro atoms. The predicted molar refractivity (Wildman–Crippen MR) is 174 cm³/mol. The zero-order chi connectivity index (χ0) is 31.2. The van der Waals surface area contributed by atoms with Crippen molar-refractivity contribution in [2.24, 2.45) is 0 Å². The first-order valence-corrected chi connectivity index (χ1v) is 14.8. The van der Waals surface area contributed by atoms with Crippen LogP contribution in [0.3, 0.4) is 0 Å². The van der Waals surface area contributed by atoms with Gasteiger partial charge in [-0.2, -0.15) is 17.2 Å². The molecule has 5 nitrogen and oxygen atoms in total. The van der Waals surface area contributed by atoms with E-state index >= 15 is 0 Å². The Morgan fingerprint density at radius 3 is 2.33 bits per heavy atom. The van der Waals surface area contributed by atoms with E-state index in [1.807, 2.05) is 62.6 Å². The van der Waals surface area contributed by atoms with Gasteiger partial charge in [0, 0.05) is 40.5 Å². The minimum Gasteiger partial charge on any atom is -0.509 e. The molecular weight excluding hydrogens is 762 g/mol. The Balaban J connectivity index is 0.00000372. The zero-order valence-electron chi connectivity index (χ0n) is 25.7. The third-order valence-corrected chi connectivity index (χ3v) is 8.12. The fourth-order valence-electron chi connectivity index (χ4n) is 6.00. The number of rotatable bonds is 7. The largest absolute Gasteiger partial charge is 2.00 e. The molecule has 0 atom stereocenters. The fourth-order valence-corrected chi connectivity index (χ4v) is 6.00. The first-order chi connectivity index (χ1) is 21.8. The second kappa shape index (κ2) is 12.6. The second-order valence-corrected chi connectivity index (χ2v) is 11.5. The van der Waals surface area contributed by atoms with Crippen molar-refractivity contribution < 1.29 is 34.6 Å². The van der Waals surface area contributed by atoms with Gasteiger partial charge in [-0.1, -0.05) is 37.6 Å². The van der Waals surface area contributed by atoms with Crippen LogP contribution in [0.15, 0.2) is 97.5 Å². The molecule has 0 aliphatic heterocycles. The Hall–Kier alpha value is -4.61. The molecule has 0 saturated heterocycles. The van der Waals surface area contributed by atoms with Crippen LogP contribution in [-0.2, 0) is 21.1 Å². The number of aryl methyl sites for hydroxylation is 2. The maximum atomic E-state index is 13.3. The molecule has 3 aromatic heterocycles. The summed E-state index contributed by atoms with van der Waals surface area (Å²) in [6.45, 7) is 8.03. The summed E-state index contributed by atoms with van der Waals surface area (Å²) in [5, 5.41) is 6.72. The van der Waals surface area contributed by atoms with Crippen molar-refractivity contribution in [3.63, 3.8) is 0 Å². The quantitative estimate of drug-likeness (QED) is 0.151. The van der Waals surface area contributed by atoms with Crippen molar-refractivity contribution in [1.82, 2.24) is 19.3 Å². The molecule has 0 N–H and O–H groups in total. The molecule has 0 aliphatic carbocycles. The van der Waals surface area contributed by atoms with Gasteiger partial charge in [0.2, 0.25) is 0 Å². The van der Waals surface area contributed by atoms with Crippen LogP contribution >= 0.6 is 0 Å². The number of aromatic nitrogens is 4. The van der Waals surface area contributed by atoms with Crippen LogP contribution in [0.5, 0.6) is 11.5 Å². The molecular formula is C38H30F2N4OPt. The predicted octanol–water partition coefficient (Wildman–Crippen LogP) is 10.1. The first kappa shape index (κ1) is 31.4. The van der Waals surface area contributed by atoms with E-state index in [0.29, 0.717) is 23.1 Å². The average molecular weight is 792 g/mol. The van der Waals surface area contributed by atoms with Gasteiger partial charge in [-0.05, 0) is 83.4 Å². The number of halogens is 2. The number of nitrogens with zero attached hydrogens (tertiary/aromatic N) is 4. The molecule has 232 valence electrons. The normalized spacial score (nSPS) is 11.5. The van der Waals surface area contributed by atoms with E-state index in [-0.39, 0.29) is 26.6 Å². The summed E-state index contributed by atoms with van der Waals surface area (Å²) >= 11 is 0. The summed E-state index contributed by atoms with van der Waals surface area (Å²) in [5.41, 5.74) is 7.13. The minimum atomic E-state index is -2.51. The smallest absolute Gasteiger partial charge is 0.509 e. The Labute approximate surface area is 280 Å². The molecule has 0 saturated carbocycles. The van der Waals surface area contributed by atoms with Crippen molar-refractivity contribution in [2.45, 2.75) is 40.0 Å². The number of hydrogen-bond acceptors (Lipinski definition) is 3. The molecule has 7 rings (SSSR count). The Morgan fingerprint density at radius 1 is 0.804 bits per heavy atom. The summed E-state index contributed by atoms with van der Waals surface area (Å²) in [6, 6.07) is 31.9. The number of benzene rings is 4. The third kappa shape index (κ3) is 5.76. The summed E-state index contributed by atoms with van der Waals surface area (Å²) in [6.07, 6.45) is 2.96. The molecule has 7 aromatic rings. The van der Waals surface area contributed by atoms with Gasteiger partial charge in [0.05, 0.1) is 6.20 Å². The number of alkyl halides is 2. The fraction of sp³-hybridized carbons (Fsp3) is 0.158. The van der Waals surface area contributed by atoms with Crippen LogP contribution in [0.2, 0.25) is 0 Å². The SMILES string of the molecule is Cc1cc(C(F)F)cc(C)c1-c1cnn(-c2[c-]c(Oc3[c-]c4c(cc3)c3ccccc3n4-c3cc(C(C)C)ccn3)ccc2)c1.[Pt+2]. The van der Waals surface area contributed by atoms with E-state index in [2.05, 4.69) is 66.0 Å². The van der Waals surface area contributed by atoms with Gasteiger partial charge in [-0.25, -0.2) is 13.8 Å². The van der Waals surface area contributed by atoms with Crippen LogP contribution in [-0.4, -0.2) is 19.3 Å². The molecule has 8 heteroatoms. The van der Waals surface area contributed by atoms with Gasteiger partial charge >= 0.3 is 21.1 Å². The van der Waals surface area contributed by atoms with Crippen LogP contribution in [0.4, 0.5) is 8.78 Å². The summed E-state index contributed by atoms with van der Waals surface area (Å²) in [4.78, 5) is 4.72. The van der Waals surface area contributed by atoms with E-state index in [1.165, 1.54) is 17.7 Å². The molecule has 0 radical (unpaired) electrons. The van der Waals surface area contributed by atoms with Crippen LogP contribution in [0, 0.1) is 26.0 Å². The molecule has 4 aromatic carbocycles. The molecule has 0 bridgehead atoms. The molecule has 0 amide bonds. The van der Waals surface area contributed by atoms with Crippen LogP contribution in [0.25, 0.3) is 44.4 Å². The van der Waals surface area contributed by atoms with Crippen molar-refractivity contribution in [3.8, 4) is 34.1 Å². The van der Waals surface area contributed by atoms with E-state index in [0.717, 1.165) is 49.9 Å². The molecule has 3 heterocycles. The van der Waals surface area contributed by atoms with E-state index in [9.17, 15) is 8.78 Å². The van der Waals surface area contributed by atoms with Crippen LogP contribution in [0.1, 0.15) is 48.4 Å². The number of para-hydroxylation sites is 1. The number of ether oxygens (including phenoxy) is 1. The monoisotopic (exact) mass is 791 g/mol. The van der Waals surface area contributed by atoms with Gasteiger partial charge in [0.25, 0.3) is 6.43 Å². The average Bonchev–Trinajstić information content (AvgIpc) is 3.64. The molecule has 46 heavy (non-hydrogen) atoms. The molecule has 0 fully saturated rings. The van der Waals surface area contributed by atoms with E-state index in [4.69, 9.17) is 9.72 Å². The minimum absolute atomic E-state index is 0. The maximum Gasteiger partial charge on any atom is 2.00 e. The third-order valence-electron chi connectivity index (χ3n) is 8.12. The summed E-state index contributed by atoms with van der Waals surface area (Å²) in [5.74, 6) is 2.26. The summed E-state index contributed by atoms with van der Waals surface area (Å²) < 4.78 is 36.8. The number of fused-ring (bicyclic) bond motifs is 3. The second-order valence-electron chi connectivity index (χ2n) is 11.5. The Kier molecular flexibility index (Phi) is 8.63. The van der Waals surface area contributed by atoms with Gasteiger partial charge in [0.1, 0.15) is 5.82 Å². The standard InChI is InChI=1S/C38H30F2N4O.Pt/c1-23(2)26-14-15-41-36(18-26)44-34-11-6-5-10-32(34)33-13-12-31(20-35(33)44)45-30-9-7-8-29(19-30)43-22-28(21-42-43)37-24(3)16-27(38(39)40)17-25(37)4;/h5-18,21-23,38H,1-4H3;/q-2;+2. The van der Waals surface area contributed by atoms with Gasteiger partial charge in [0.15, 0.2) is 0 Å². The van der Waals surface area contributed by atoms with Crippen LogP contribution < -0.4 is 4.74 Å². The van der Waals surface area contributed by atoms with Crippen molar-refractivity contribution >= 4 is 21.8 Å². The first-order valence-electron chi connectivity index (χ1n) is 14.8. The Morgan fingerprint density at radius 2 is 1.57 bits per heavy atom. The Bertz CT molecular complexity index is 2180. The van der Waals surface area contributed by atoms with Gasteiger partial charge < -0.3 is 9.30 Å². The van der Waals surface area contributed by atoms with Crippen molar-refractivity contribution in [2.75, 3.05) is 0 Å². The summed E-state index contributed by atoms with van der Waals surface area (Å²) in [7, 11) is 0. The maximum absolute atomic E-state index is 13.3. The number of pyridine rings is 1. The number of hydrogen-bond donors (Lipinski definition) is 0. The zero-order valence-corrected chi connectivity index (χ0v) is 27.9. The van der Waals surface area contributed by atoms with Crippen molar-refractivity contribution in [1.29, 1.82) is 0 Å². The van der Waals surface area contributed by atoms with E-state index in [1.54, 1.807) is 10.9 Å². The molecule has 0 unspecified atom stereocenters. The van der Waals surface area contributed by atoms with E-state index < -0.39 is 6.43 Å². The molecule has 0 aliphatic rings. The topological polar surface area (TPSA) is 44.9 Å². The van der Waals surface area contributed by atoms with Gasteiger partial charge in [-0.3, -0.25) is 4.68 Å². The van der Waals surface area contributed by atoms with Gasteiger partial charge in [-0.15, -0.1) is 35.7 Å². The van der Waals surface area contributed by atoms with Crippen molar-refractivity contribution in [3.05, 3.63) is 132 Å².